The van der Waals surface area contributed by atoms with Gasteiger partial charge < -0.3 is 9.84 Å². The fourth-order valence-electron chi connectivity index (χ4n) is 1.10. The van der Waals surface area contributed by atoms with Gasteiger partial charge in [0.2, 0.25) is 0 Å². The zero-order valence-electron chi connectivity index (χ0n) is 10.1. The molecule has 1 aromatic rings. The van der Waals surface area contributed by atoms with Gasteiger partial charge in [0, 0.05) is 10.5 Å². The molecular weight excluding hydrogens is 220 g/mol. The molecule has 0 amide bonds. The number of para-hydroxylation sites is 1. The summed E-state index contributed by atoms with van der Waals surface area (Å²) in [6.45, 7) is 6.78. The fourth-order valence-corrected chi connectivity index (χ4v) is 1.89. The van der Waals surface area contributed by atoms with Crippen LogP contribution in [0.3, 0.4) is 0 Å². The van der Waals surface area contributed by atoms with Crippen LogP contribution >= 0.6 is 11.8 Å². The zero-order valence-corrected chi connectivity index (χ0v) is 11.0. The molecule has 1 unspecified atom stereocenters. The number of hydrogen-bond acceptors (Lipinski definition) is 3. The van der Waals surface area contributed by atoms with Crippen molar-refractivity contribution in [1.29, 1.82) is 0 Å². The first kappa shape index (κ1) is 13.4. The average molecular weight is 240 g/mol. The highest BCUT2D eigenvalue weighted by atomic mass is 32.2. The van der Waals surface area contributed by atoms with Crippen LogP contribution in [0.15, 0.2) is 30.3 Å². The first-order chi connectivity index (χ1) is 7.47. The van der Waals surface area contributed by atoms with Crippen molar-refractivity contribution < 1.29 is 9.84 Å². The fraction of sp³-hybridized carbons (Fsp3) is 0.538. The third-order valence-corrected chi connectivity index (χ3v) is 3.31. The summed E-state index contributed by atoms with van der Waals surface area (Å²) in [5, 5.41) is 9.73. The van der Waals surface area contributed by atoms with E-state index in [1.165, 1.54) is 0 Å². The molecule has 0 bridgehead atoms. The van der Waals surface area contributed by atoms with Gasteiger partial charge in [-0.2, -0.15) is 11.8 Å². The molecule has 0 saturated carbocycles. The van der Waals surface area contributed by atoms with Crippen molar-refractivity contribution in [1.82, 2.24) is 0 Å². The van der Waals surface area contributed by atoms with Gasteiger partial charge in [-0.15, -0.1) is 0 Å². The SMILES string of the molecule is CC(C)(C)SCC(O)COc1ccccc1. The second-order valence-corrected chi connectivity index (χ2v) is 6.55. The normalized spacial score (nSPS) is 13.5. The van der Waals surface area contributed by atoms with Crippen LogP contribution < -0.4 is 4.74 Å². The lowest BCUT2D eigenvalue weighted by molar-refractivity contribution is 0.126. The van der Waals surface area contributed by atoms with Crippen molar-refractivity contribution in [3.63, 3.8) is 0 Å². The summed E-state index contributed by atoms with van der Waals surface area (Å²) in [5.41, 5.74) is 0. The van der Waals surface area contributed by atoms with Gasteiger partial charge in [0.05, 0.1) is 6.10 Å². The second kappa shape index (κ2) is 6.16. The first-order valence-electron chi connectivity index (χ1n) is 5.47. The molecule has 0 aliphatic carbocycles. The smallest absolute Gasteiger partial charge is 0.119 e. The van der Waals surface area contributed by atoms with E-state index >= 15 is 0 Å². The number of benzene rings is 1. The number of ether oxygens (including phenoxy) is 1. The summed E-state index contributed by atoms with van der Waals surface area (Å²) >= 11 is 1.75. The zero-order chi connectivity index (χ0) is 12.0. The molecule has 3 heteroatoms. The van der Waals surface area contributed by atoms with E-state index in [0.717, 1.165) is 5.75 Å². The van der Waals surface area contributed by atoms with Gasteiger partial charge in [0.25, 0.3) is 0 Å². The Labute approximate surface area is 102 Å². The van der Waals surface area contributed by atoms with Crippen molar-refractivity contribution in [3.05, 3.63) is 30.3 Å². The summed E-state index contributed by atoms with van der Waals surface area (Å²) in [6.07, 6.45) is -0.413. The Bertz CT molecular complexity index is 293. The Morgan fingerprint density at radius 1 is 1.25 bits per heavy atom. The molecule has 1 atom stereocenters. The van der Waals surface area contributed by atoms with Crippen molar-refractivity contribution in [2.45, 2.75) is 31.6 Å². The average Bonchev–Trinajstić information content (AvgIpc) is 2.24. The lowest BCUT2D eigenvalue weighted by Gasteiger charge is -2.20. The van der Waals surface area contributed by atoms with E-state index in [2.05, 4.69) is 20.8 Å². The number of aliphatic hydroxyl groups is 1. The Morgan fingerprint density at radius 3 is 2.44 bits per heavy atom. The summed E-state index contributed by atoms with van der Waals surface area (Å²) in [6, 6.07) is 9.57. The number of aliphatic hydroxyl groups excluding tert-OH is 1. The van der Waals surface area contributed by atoms with Gasteiger partial charge in [-0.25, -0.2) is 0 Å². The minimum atomic E-state index is -0.413. The highest BCUT2D eigenvalue weighted by molar-refractivity contribution is 8.00. The minimum Gasteiger partial charge on any atom is -0.491 e. The molecule has 0 spiro atoms. The van der Waals surface area contributed by atoms with Gasteiger partial charge in [-0.3, -0.25) is 0 Å². The van der Waals surface area contributed by atoms with Crippen molar-refractivity contribution >= 4 is 11.8 Å². The van der Waals surface area contributed by atoms with Crippen LogP contribution in [0.5, 0.6) is 5.75 Å². The Kier molecular flexibility index (Phi) is 5.16. The van der Waals surface area contributed by atoms with Crippen LogP contribution in [0.2, 0.25) is 0 Å². The highest BCUT2D eigenvalue weighted by Crippen LogP contribution is 2.23. The Balaban J connectivity index is 2.23. The Morgan fingerprint density at radius 2 is 1.88 bits per heavy atom. The van der Waals surface area contributed by atoms with Gasteiger partial charge in [0.1, 0.15) is 12.4 Å². The van der Waals surface area contributed by atoms with Crippen LogP contribution in [0.1, 0.15) is 20.8 Å². The van der Waals surface area contributed by atoms with Gasteiger partial charge in [-0.05, 0) is 12.1 Å². The molecule has 0 radical (unpaired) electrons. The molecule has 0 aliphatic rings. The topological polar surface area (TPSA) is 29.5 Å². The van der Waals surface area contributed by atoms with Crippen LogP contribution in [-0.4, -0.2) is 28.3 Å². The highest BCUT2D eigenvalue weighted by Gasteiger charge is 2.14. The van der Waals surface area contributed by atoms with Crippen LogP contribution in [0.4, 0.5) is 0 Å². The summed E-state index contributed by atoms with van der Waals surface area (Å²) in [4.78, 5) is 0. The molecule has 0 aromatic heterocycles. The van der Waals surface area contributed by atoms with Crippen molar-refractivity contribution in [2.75, 3.05) is 12.4 Å². The quantitative estimate of drug-likeness (QED) is 0.858. The van der Waals surface area contributed by atoms with Crippen molar-refractivity contribution in [2.24, 2.45) is 0 Å². The number of thioether (sulfide) groups is 1. The maximum Gasteiger partial charge on any atom is 0.119 e. The standard InChI is InChI=1S/C13H20O2S/c1-13(2,3)16-10-11(14)9-15-12-7-5-4-6-8-12/h4-8,11,14H,9-10H2,1-3H3. The summed E-state index contributed by atoms with van der Waals surface area (Å²) in [5.74, 6) is 1.51. The molecule has 16 heavy (non-hydrogen) atoms. The second-order valence-electron chi connectivity index (χ2n) is 4.70. The van der Waals surface area contributed by atoms with Crippen LogP contribution in [0, 0.1) is 0 Å². The predicted molar refractivity (Wildman–Crippen MR) is 70.2 cm³/mol. The largest absolute Gasteiger partial charge is 0.491 e. The number of rotatable bonds is 5. The van der Waals surface area contributed by atoms with E-state index < -0.39 is 6.10 Å². The molecule has 1 rings (SSSR count). The van der Waals surface area contributed by atoms with Crippen LogP contribution in [-0.2, 0) is 0 Å². The third kappa shape index (κ3) is 6.03. The maximum atomic E-state index is 9.73. The maximum absolute atomic E-state index is 9.73. The molecular formula is C13H20O2S. The molecule has 1 N–H and O–H groups in total. The van der Waals surface area contributed by atoms with E-state index in [9.17, 15) is 5.11 Å². The van der Waals surface area contributed by atoms with E-state index in [0.29, 0.717) is 12.4 Å². The van der Waals surface area contributed by atoms with Crippen molar-refractivity contribution in [3.8, 4) is 5.75 Å². The molecule has 0 saturated heterocycles. The van der Waals surface area contributed by atoms with Gasteiger partial charge in [-0.1, -0.05) is 39.0 Å². The van der Waals surface area contributed by atoms with E-state index in [4.69, 9.17) is 4.74 Å². The monoisotopic (exact) mass is 240 g/mol. The van der Waals surface area contributed by atoms with E-state index in [1.54, 1.807) is 11.8 Å². The number of hydrogen-bond donors (Lipinski definition) is 1. The first-order valence-corrected chi connectivity index (χ1v) is 6.46. The predicted octanol–water partition coefficient (Wildman–Crippen LogP) is 2.96. The molecule has 0 aliphatic heterocycles. The van der Waals surface area contributed by atoms with E-state index in [1.807, 2.05) is 30.3 Å². The molecule has 0 fully saturated rings. The molecule has 2 nitrogen and oxygen atoms in total. The van der Waals surface area contributed by atoms with Crippen LogP contribution in [0.25, 0.3) is 0 Å². The van der Waals surface area contributed by atoms with Gasteiger partial charge >= 0.3 is 0 Å². The molecule has 90 valence electrons. The lowest BCUT2D eigenvalue weighted by Crippen LogP contribution is -2.23. The van der Waals surface area contributed by atoms with Gasteiger partial charge in [0.15, 0.2) is 0 Å². The summed E-state index contributed by atoms with van der Waals surface area (Å²) < 4.78 is 5.66. The molecule has 1 aromatic carbocycles. The Hall–Kier alpha value is -0.670. The third-order valence-electron chi connectivity index (χ3n) is 1.89. The minimum absolute atomic E-state index is 0.188. The molecule has 0 heterocycles. The lowest BCUT2D eigenvalue weighted by atomic mass is 10.3. The van der Waals surface area contributed by atoms with E-state index in [-0.39, 0.29) is 4.75 Å². The summed E-state index contributed by atoms with van der Waals surface area (Å²) in [7, 11) is 0.